The SMILES string of the molecule is COc1ccc(NC(=O)COCc2ccccc2)cc1OC(F)F. The lowest BCUT2D eigenvalue weighted by atomic mass is 10.2. The molecule has 0 heterocycles. The van der Waals surface area contributed by atoms with Crippen molar-refractivity contribution in [3.63, 3.8) is 0 Å². The number of ether oxygens (including phenoxy) is 3. The van der Waals surface area contributed by atoms with Crippen LogP contribution >= 0.6 is 0 Å². The Labute approximate surface area is 138 Å². The summed E-state index contributed by atoms with van der Waals surface area (Å²) in [4.78, 5) is 11.8. The lowest BCUT2D eigenvalue weighted by Crippen LogP contribution is -2.18. The average molecular weight is 337 g/mol. The highest BCUT2D eigenvalue weighted by Crippen LogP contribution is 2.31. The Hall–Kier alpha value is -2.67. The van der Waals surface area contributed by atoms with Crippen LogP contribution in [0.1, 0.15) is 5.56 Å². The third-order valence-corrected chi connectivity index (χ3v) is 3.01. The number of rotatable bonds is 8. The molecule has 2 aromatic rings. The van der Waals surface area contributed by atoms with Crippen molar-refractivity contribution in [3.05, 3.63) is 54.1 Å². The molecule has 0 atom stereocenters. The smallest absolute Gasteiger partial charge is 0.387 e. The van der Waals surface area contributed by atoms with Crippen LogP contribution in [-0.2, 0) is 16.1 Å². The zero-order valence-electron chi connectivity index (χ0n) is 13.0. The minimum atomic E-state index is -2.99. The third kappa shape index (κ3) is 5.51. The number of halogens is 2. The quantitative estimate of drug-likeness (QED) is 0.801. The summed E-state index contributed by atoms with van der Waals surface area (Å²) in [5.41, 5.74) is 1.25. The van der Waals surface area contributed by atoms with Crippen LogP contribution in [0.5, 0.6) is 11.5 Å². The van der Waals surface area contributed by atoms with Crippen molar-refractivity contribution in [3.8, 4) is 11.5 Å². The number of hydrogen-bond donors (Lipinski definition) is 1. The van der Waals surface area contributed by atoms with Gasteiger partial charge in [-0.15, -0.1) is 0 Å². The van der Waals surface area contributed by atoms with Crippen molar-refractivity contribution in [2.24, 2.45) is 0 Å². The van der Waals surface area contributed by atoms with Gasteiger partial charge in [0.1, 0.15) is 6.61 Å². The molecule has 0 bridgehead atoms. The summed E-state index contributed by atoms with van der Waals surface area (Å²) in [5.74, 6) is -0.414. The van der Waals surface area contributed by atoms with E-state index in [2.05, 4.69) is 10.1 Å². The largest absolute Gasteiger partial charge is 0.493 e. The maximum atomic E-state index is 12.4. The first kappa shape index (κ1) is 17.7. The second-order valence-corrected chi connectivity index (χ2v) is 4.77. The summed E-state index contributed by atoms with van der Waals surface area (Å²) in [5, 5.41) is 2.55. The Kier molecular flexibility index (Phi) is 6.51. The monoisotopic (exact) mass is 337 g/mol. The maximum absolute atomic E-state index is 12.4. The lowest BCUT2D eigenvalue weighted by molar-refractivity contribution is -0.121. The molecule has 1 amide bonds. The van der Waals surface area contributed by atoms with Gasteiger partial charge in [0.05, 0.1) is 13.7 Å². The molecule has 0 unspecified atom stereocenters. The van der Waals surface area contributed by atoms with E-state index >= 15 is 0 Å². The zero-order valence-corrected chi connectivity index (χ0v) is 13.0. The summed E-state index contributed by atoms with van der Waals surface area (Å²) in [6.45, 7) is -2.85. The van der Waals surface area contributed by atoms with Crippen LogP contribution in [0.2, 0.25) is 0 Å². The Morgan fingerprint density at radius 2 is 1.88 bits per heavy atom. The molecule has 0 aliphatic carbocycles. The fraction of sp³-hybridized carbons (Fsp3) is 0.235. The molecule has 0 saturated carbocycles. The molecule has 5 nitrogen and oxygen atoms in total. The van der Waals surface area contributed by atoms with Crippen LogP contribution < -0.4 is 14.8 Å². The first-order valence-electron chi connectivity index (χ1n) is 7.13. The van der Waals surface area contributed by atoms with Gasteiger partial charge in [-0.3, -0.25) is 4.79 Å². The fourth-order valence-corrected chi connectivity index (χ4v) is 1.98. The van der Waals surface area contributed by atoms with Gasteiger partial charge in [0.2, 0.25) is 5.91 Å². The summed E-state index contributed by atoms with van der Waals surface area (Å²) < 4.78 is 39.3. The van der Waals surface area contributed by atoms with Crippen LogP contribution in [0.15, 0.2) is 48.5 Å². The number of anilines is 1. The summed E-state index contributed by atoms with van der Waals surface area (Å²) >= 11 is 0. The molecular formula is C17H17F2NO4. The number of hydrogen-bond acceptors (Lipinski definition) is 4. The molecule has 0 radical (unpaired) electrons. The van der Waals surface area contributed by atoms with Gasteiger partial charge in [-0.05, 0) is 17.7 Å². The van der Waals surface area contributed by atoms with E-state index < -0.39 is 12.5 Å². The van der Waals surface area contributed by atoms with Gasteiger partial charge in [0.15, 0.2) is 11.5 Å². The molecule has 0 aromatic heterocycles. The van der Waals surface area contributed by atoms with E-state index in [1.165, 1.54) is 25.3 Å². The minimum Gasteiger partial charge on any atom is -0.493 e. The van der Waals surface area contributed by atoms with Gasteiger partial charge in [0, 0.05) is 11.8 Å². The van der Waals surface area contributed by atoms with Gasteiger partial charge >= 0.3 is 6.61 Å². The van der Waals surface area contributed by atoms with E-state index in [-0.39, 0.29) is 18.1 Å². The van der Waals surface area contributed by atoms with Gasteiger partial charge < -0.3 is 19.5 Å². The Bertz CT molecular complexity index is 665. The number of alkyl halides is 2. The Balaban J connectivity index is 1.88. The van der Waals surface area contributed by atoms with Crippen LogP contribution in [0.3, 0.4) is 0 Å². The molecule has 0 aliphatic rings. The van der Waals surface area contributed by atoms with E-state index in [1.807, 2.05) is 30.3 Å². The van der Waals surface area contributed by atoms with Crippen molar-refractivity contribution in [2.75, 3.05) is 19.0 Å². The standard InChI is InChI=1S/C17H17F2NO4/c1-22-14-8-7-13(9-15(14)24-17(18)19)20-16(21)11-23-10-12-5-3-2-4-6-12/h2-9,17H,10-11H2,1H3,(H,20,21). The fourth-order valence-electron chi connectivity index (χ4n) is 1.98. The summed E-state index contributed by atoms with van der Waals surface area (Å²) in [6.07, 6.45) is 0. The van der Waals surface area contributed by atoms with Crippen LogP contribution in [0.4, 0.5) is 14.5 Å². The first-order valence-corrected chi connectivity index (χ1v) is 7.13. The van der Waals surface area contributed by atoms with E-state index in [0.29, 0.717) is 12.3 Å². The molecule has 2 aromatic carbocycles. The topological polar surface area (TPSA) is 56.8 Å². The van der Waals surface area contributed by atoms with Crippen molar-refractivity contribution in [2.45, 2.75) is 13.2 Å². The van der Waals surface area contributed by atoms with Crippen molar-refractivity contribution in [1.29, 1.82) is 0 Å². The first-order chi connectivity index (χ1) is 11.6. The van der Waals surface area contributed by atoms with Crippen molar-refractivity contribution in [1.82, 2.24) is 0 Å². The second kappa shape index (κ2) is 8.83. The zero-order chi connectivity index (χ0) is 17.4. The van der Waals surface area contributed by atoms with E-state index in [1.54, 1.807) is 0 Å². The lowest BCUT2D eigenvalue weighted by Gasteiger charge is -2.12. The summed E-state index contributed by atoms with van der Waals surface area (Å²) in [7, 11) is 1.34. The highest BCUT2D eigenvalue weighted by Gasteiger charge is 2.12. The summed E-state index contributed by atoms with van der Waals surface area (Å²) in [6, 6.07) is 13.6. The van der Waals surface area contributed by atoms with Gasteiger partial charge in [-0.2, -0.15) is 8.78 Å². The third-order valence-electron chi connectivity index (χ3n) is 3.01. The highest BCUT2D eigenvalue weighted by molar-refractivity contribution is 5.92. The number of amides is 1. The van der Waals surface area contributed by atoms with Crippen molar-refractivity contribution >= 4 is 11.6 Å². The second-order valence-electron chi connectivity index (χ2n) is 4.77. The van der Waals surface area contributed by atoms with E-state index in [0.717, 1.165) is 5.56 Å². The molecular weight excluding hydrogens is 320 g/mol. The molecule has 0 fully saturated rings. The van der Waals surface area contributed by atoms with Gasteiger partial charge in [-0.1, -0.05) is 30.3 Å². The average Bonchev–Trinajstić information content (AvgIpc) is 2.55. The molecule has 1 N–H and O–H groups in total. The molecule has 2 rings (SSSR count). The molecule has 0 saturated heterocycles. The molecule has 0 spiro atoms. The van der Waals surface area contributed by atoms with Gasteiger partial charge in [-0.25, -0.2) is 0 Å². The molecule has 128 valence electrons. The maximum Gasteiger partial charge on any atom is 0.387 e. The predicted molar refractivity (Wildman–Crippen MR) is 84.4 cm³/mol. The number of methoxy groups -OCH3 is 1. The molecule has 24 heavy (non-hydrogen) atoms. The molecule has 0 aliphatic heterocycles. The predicted octanol–water partition coefficient (Wildman–Crippen LogP) is 3.45. The van der Waals surface area contributed by atoms with Crippen LogP contribution in [0.25, 0.3) is 0 Å². The Morgan fingerprint density at radius 3 is 2.54 bits per heavy atom. The minimum absolute atomic E-state index is 0.147. The number of benzene rings is 2. The Morgan fingerprint density at radius 1 is 1.12 bits per heavy atom. The number of nitrogens with one attached hydrogen (secondary N) is 1. The van der Waals surface area contributed by atoms with Crippen molar-refractivity contribution < 1.29 is 27.8 Å². The van der Waals surface area contributed by atoms with Crippen LogP contribution in [0, 0.1) is 0 Å². The molecule has 7 heteroatoms. The van der Waals surface area contributed by atoms with E-state index in [4.69, 9.17) is 9.47 Å². The normalized spacial score (nSPS) is 10.5. The number of carbonyl (C=O) groups excluding carboxylic acids is 1. The van der Waals surface area contributed by atoms with E-state index in [9.17, 15) is 13.6 Å². The van der Waals surface area contributed by atoms with Crippen LogP contribution in [-0.4, -0.2) is 26.2 Å². The number of carbonyl (C=O) groups is 1. The van der Waals surface area contributed by atoms with Gasteiger partial charge in [0.25, 0.3) is 0 Å². The highest BCUT2D eigenvalue weighted by atomic mass is 19.3.